The van der Waals surface area contributed by atoms with E-state index in [1.807, 2.05) is 4.90 Å². The number of hydrogen-bond donors (Lipinski definition) is 2. The van der Waals surface area contributed by atoms with Crippen LogP contribution in [0.3, 0.4) is 0 Å². The van der Waals surface area contributed by atoms with Gasteiger partial charge in [0, 0.05) is 31.5 Å². The number of amides is 1. The van der Waals surface area contributed by atoms with E-state index >= 15 is 0 Å². The van der Waals surface area contributed by atoms with Gasteiger partial charge in [-0.15, -0.1) is 0 Å². The van der Waals surface area contributed by atoms with Gasteiger partial charge in [-0.1, -0.05) is 0 Å². The molecule has 2 saturated heterocycles. The maximum Gasteiger partial charge on any atom is 0.225 e. The summed E-state index contributed by atoms with van der Waals surface area (Å²) in [6.07, 6.45) is 2.91. The molecule has 2 N–H and O–H groups in total. The number of nitrogens with zero attached hydrogens (tertiary/aromatic N) is 1. The first-order valence-corrected chi connectivity index (χ1v) is 5.91. The van der Waals surface area contributed by atoms with Crippen molar-refractivity contribution in [3.05, 3.63) is 0 Å². The Kier molecular flexibility index (Phi) is 3.59. The van der Waals surface area contributed by atoms with E-state index < -0.39 is 0 Å². The molecule has 0 aliphatic carbocycles. The van der Waals surface area contributed by atoms with Gasteiger partial charge in [0.25, 0.3) is 0 Å². The maximum absolute atomic E-state index is 12.1. The van der Waals surface area contributed by atoms with Gasteiger partial charge in [0.05, 0.1) is 0 Å². The van der Waals surface area contributed by atoms with Crippen molar-refractivity contribution in [2.45, 2.75) is 19.3 Å². The van der Waals surface area contributed by atoms with E-state index in [4.69, 9.17) is 5.11 Å². The molecule has 86 valence electrons. The summed E-state index contributed by atoms with van der Waals surface area (Å²) in [6.45, 7) is 3.75. The van der Waals surface area contributed by atoms with Crippen molar-refractivity contribution in [3.8, 4) is 0 Å². The average molecular weight is 212 g/mol. The molecule has 0 spiro atoms. The van der Waals surface area contributed by atoms with Crippen LogP contribution in [0.2, 0.25) is 0 Å². The molecule has 1 amide bonds. The van der Waals surface area contributed by atoms with Crippen LogP contribution in [-0.2, 0) is 4.79 Å². The predicted octanol–water partition coefficient (Wildman–Crippen LogP) is -0.173. The summed E-state index contributed by atoms with van der Waals surface area (Å²) in [6, 6.07) is 0. The number of carbonyl (C=O) groups excluding carboxylic acids is 1. The van der Waals surface area contributed by atoms with Crippen LogP contribution in [0.25, 0.3) is 0 Å². The van der Waals surface area contributed by atoms with Crippen LogP contribution in [-0.4, -0.2) is 48.7 Å². The Morgan fingerprint density at radius 2 is 2.07 bits per heavy atom. The molecule has 2 rings (SSSR count). The molecule has 2 fully saturated rings. The third kappa shape index (κ3) is 2.49. The second kappa shape index (κ2) is 4.94. The number of aliphatic hydroxyl groups is 1. The molecule has 0 aromatic rings. The third-order valence-electron chi connectivity index (χ3n) is 3.54. The number of carbonyl (C=O) groups is 1. The highest BCUT2D eigenvalue weighted by Gasteiger charge is 2.30. The Balaban J connectivity index is 1.85. The summed E-state index contributed by atoms with van der Waals surface area (Å²) in [5.74, 6) is 0.854. The van der Waals surface area contributed by atoms with E-state index in [2.05, 4.69) is 5.32 Å². The Morgan fingerprint density at radius 1 is 1.33 bits per heavy atom. The molecule has 15 heavy (non-hydrogen) atoms. The molecule has 0 unspecified atom stereocenters. The van der Waals surface area contributed by atoms with E-state index in [1.165, 1.54) is 0 Å². The number of likely N-dealkylation sites (tertiary alicyclic amines) is 1. The number of aliphatic hydroxyl groups excluding tert-OH is 1. The van der Waals surface area contributed by atoms with E-state index in [1.54, 1.807) is 0 Å². The van der Waals surface area contributed by atoms with Crippen molar-refractivity contribution >= 4 is 5.91 Å². The fourth-order valence-electron chi connectivity index (χ4n) is 2.51. The van der Waals surface area contributed by atoms with E-state index in [0.29, 0.717) is 11.8 Å². The summed E-state index contributed by atoms with van der Waals surface area (Å²) >= 11 is 0. The molecular formula is C11H20N2O2. The lowest BCUT2D eigenvalue weighted by Crippen LogP contribution is -2.40. The molecule has 0 aromatic heterocycles. The smallest absolute Gasteiger partial charge is 0.225 e. The first-order valence-electron chi connectivity index (χ1n) is 5.91. The molecule has 0 saturated carbocycles. The van der Waals surface area contributed by atoms with Crippen LogP contribution >= 0.6 is 0 Å². The van der Waals surface area contributed by atoms with Crippen molar-refractivity contribution in [2.24, 2.45) is 11.8 Å². The minimum atomic E-state index is 0.218. The minimum absolute atomic E-state index is 0.218. The first-order chi connectivity index (χ1) is 7.31. The highest BCUT2D eigenvalue weighted by atomic mass is 16.3. The fraction of sp³-hybridized carbons (Fsp3) is 0.909. The second-order valence-corrected chi connectivity index (χ2v) is 4.65. The van der Waals surface area contributed by atoms with Gasteiger partial charge >= 0.3 is 0 Å². The van der Waals surface area contributed by atoms with Gasteiger partial charge in [0.15, 0.2) is 0 Å². The lowest BCUT2D eigenvalue weighted by molar-refractivity contribution is -0.135. The molecule has 4 heteroatoms. The lowest BCUT2D eigenvalue weighted by Gasteiger charge is -2.26. The Morgan fingerprint density at radius 3 is 2.67 bits per heavy atom. The molecular weight excluding hydrogens is 192 g/mol. The Bertz CT molecular complexity index is 227. The van der Waals surface area contributed by atoms with Gasteiger partial charge in [-0.2, -0.15) is 0 Å². The standard InChI is InChI=1S/C11H20N2O2/c14-8-9-3-6-13(7-9)11(15)10-1-4-12-5-2-10/h9-10,12,14H,1-8H2/t9-/m0/s1. The van der Waals surface area contributed by atoms with Crippen molar-refractivity contribution in [1.29, 1.82) is 0 Å². The largest absolute Gasteiger partial charge is 0.396 e. The van der Waals surface area contributed by atoms with Crippen LogP contribution in [0, 0.1) is 11.8 Å². The third-order valence-corrected chi connectivity index (χ3v) is 3.54. The van der Waals surface area contributed by atoms with Crippen molar-refractivity contribution < 1.29 is 9.90 Å². The highest BCUT2D eigenvalue weighted by molar-refractivity contribution is 5.79. The van der Waals surface area contributed by atoms with Gasteiger partial charge in [-0.25, -0.2) is 0 Å². The van der Waals surface area contributed by atoms with Gasteiger partial charge in [0.2, 0.25) is 5.91 Å². The lowest BCUT2D eigenvalue weighted by atomic mass is 9.97. The second-order valence-electron chi connectivity index (χ2n) is 4.65. The highest BCUT2D eigenvalue weighted by Crippen LogP contribution is 2.21. The zero-order valence-electron chi connectivity index (χ0n) is 9.11. The molecule has 0 aromatic carbocycles. The Labute approximate surface area is 90.6 Å². The van der Waals surface area contributed by atoms with E-state index in [0.717, 1.165) is 45.4 Å². The van der Waals surface area contributed by atoms with E-state index in [-0.39, 0.29) is 12.5 Å². The summed E-state index contributed by atoms with van der Waals surface area (Å²) in [4.78, 5) is 14.0. The normalized spacial score (nSPS) is 28.3. The zero-order valence-corrected chi connectivity index (χ0v) is 9.11. The topological polar surface area (TPSA) is 52.6 Å². The van der Waals surface area contributed by atoms with Crippen molar-refractivity contribution in [3.63, 3.8) is 0 Å². The zero-order chi connectivity index (χ0) is 10.7. The monoisotopic (exact) mass is 212 g/mol. The predicted molar refractivity (Wildman–Crippen MR) is 57.4 cm³/mol. The summed E-state index contributed by atoms with van der Waals surface area (Å²) in [7, 11) is 0. The van der Waals surface area contributed by atoms with Crippen molar-refractivity contribution in [2.75, 3.05) is 32.8 Å². The van der Waals surface area contributed by atoms with Crippen LogP contribution < -0.4 is 5.32 Å². The van der Waals surface area contributed by atoms with Gasteiger partial charge < -0.3 is 15.3 Å². The molecule has 2 aliphatic heterocycles. The molecule has 2 aliphatic rings. The molecule has 4 nitrogen and oxygen atoms in total. The number of nitrogens with one attached hydrogen (secondary N) is 1. The minimum Gasteiger partial charge on any atom is -0.396 e. The quantitative estimate of drug-likeness (QED) is 0.668. The molecule has 0 radical (unpaired) electrons. The summed E-state index contributed by atoms with van der Waals surface area (Å²) < 4.78 is 0. The fourth-order valence-corrected chi connectivity index (χ4v) is 2.51. The van der Waals surface area contributed by atoms with Crippen molar-refractivity contribution in [1.82, 2.24) is 10.2 Å². The molecule has 0 bridgehead atoms. The van der Waals surface area contributed by atoms with Crippen LogP contribution in [0.5, 0.6) is 0 Å². The van der Waals surface area contributed by atoms with Gasteiger partial charge in [-0.3, -0.25) is 4.79 Å². The number of rotatable bonds is 2. The molecule has 1 atom stereocenters. The van der Waals surface area contributed by atoms with E-state index in [9.17, 15) is 4.79 Å². The summed E-state index contributed by atoms with van der Waals surface area (Å²) in [5.41, 5.74) is 0. The summed E-state index contributed by atoms with van der Waals surface area (Å²) in [5, 5.41) is 12.3. The van der Waals surface area contributed by atoms with Crippen LogP contribution in [0.1, 0.15) is 19.3 Å². The number of piperidine rings is 1. The van der Waals surface area contributed by atoms with Gasteiger partial charge in [0.1, 0.15) is 0 Å². The average Bonchev–Trinajstić information content (AvgIpc) is 2.78. The first kappa shape index (κ1) is 10.9. The van der Waals surface area contributed by atoms with Crippen LogP contribution in [0.15, 0.2) is 0 Å². The van der Waals surface area contributed by atoms with Crippen LogP contribution in [0.4, 0.5) is 0 Å². The molecule has 2 heterocycles. The Hall–Kier alpha value is -0.610. The maximum atomic E-state index is 12.1. The number of hydrogen-bond acceptors (Lipinski definition) is 3. The van der Waals surface area contributed by atoms with Gasteiger partial charge in [-0.05, 0) is 32.4 Å². The SMILES string of the molecule is O=C(C1CCNCC1)N1CC[C@H](CO)C1.